The normalized spacial score (nSPS) is 19.2. The van der Waals surface area contributed by atoms with Crippen molar-refractivity contribution in [2.45, 2.75) is 40.2 Å². The summed E-state index contributed by atoms with van der Waals surface area (Å²) in [5.74, 6) is -0.0181. The molecule has 1 saturated heterocycles. The van der Waals surface area contributed by atoms with Crippen LogP contribution in [-0.2, 0) is 0 Å². The molecule has 1 aromatic rings. The average molecular weight is 332 g/mol. The highest BCUT2D eigenvalue weighted by Gasteiger charge is 2.29. The maximum atomic E-state index is 12.5. The number of hydrogen-bond acceptors (Lipinski definition) is 3. The van der Waals surface area contributed by atoms with Crippen molar-refractivity contribution >= 4 is 11.8 Å². The molecule has 132 valence electrons. The van der Waals surface area contributed by atoms with E-state index in [-0.39, 0.29) is 23.1 Å². The third kappa shape index (κ3) is 4.81. The van der Waals surface area contributed by atoms with Crippen LogP contribution in [0, 0.1) is 11.3 Å². The first-order chi connectivity index (χ1) is 11.2. The molecule has 1 heterocycles. The molecule has 1 aliphatic heterocycles. The molecule has 2 rings (SSSR count). The summed E-state index contributed by atoms with van der Waals surface area (Å²) in [6, 6.07) is 6.77. The fourth-order valence-corrected chi connectivity index (χ4v) is 2.76. The Balaban J connectivity index is 1.96. The minimum Gasteiger partial charge on any atom is -0.393 e. The molecule has 1 aromatic carbocycles. The van der Waals surface area contributed by atoms with Crippen LogP contribution < -0.4 is 5.32 Å². The van der Waals surface area contributed by atoms with Crippen LogP contribution in [0.1, 0.15) is 54.8 Å². The Morgan fingerprint density at radius 3 is 2.33 bits per heavy atom. The van der Waals surface area contributed by atoms with E-state index in [1.54, 1.807) is 36.1 Å². The smallest absolute Gasteiger partial charge is 0.253 e. The number of benzene rings is 1. The minimum absolute atomic E-state index is 0.0295. The molecule has 5 nitrogen and oxygen atoms in total. The molecule has 2 amide bonds. The van der Waals surface area contributed by atoms with Crippen molar-refractivity contribution in [3.05, 3.63) is 35.4 Å². The fraction of sp³-hybridized carbons (Fsp3) is 0.579. The van der Waals surface area contributed by atoms with Gasteiger partial charge in [-0.15, -0.1) is 0 Å². The first-order valence-corrected chi connectivity index (χ1v) is 8.53. The molecule has 0 saturated carbocycles. The second-order valence-electron chi connectivity index (χ2n) is 7.86. The Kier molecular flexibility index (Phi) is 5.65. The summed E-state index contributed by atoms with van der Waals surface area (Å²) in [6.07, 6.45) is 0.438. The Labute approximate surface area is 144 Å². The van der Waals surface area contributed by atoms with Gasteiger partial charge in [0.05, 0.1) is 6.10 Å². The number of nitrogens with zero attached hydrogens (tertiary/aromatic N) is 1. The van der Waals surface area contributed by atoms with Crippen LogP contribution in [0.15, 0.2) is 24.3 Å². The van der Waals surface area contributed by atoms with Crippen molar-refractivity contribution in [2.75, 3.05) is 19.6 Å². The van der Waals surface area contributed by atoms with E-state index < -0.39 is 6.10 Å². The summed E-state index contributed by atoms with van der Waals surface area (Å²) >= 11 is 0. The first-order valence-electron chi connectivity index (χ1n) is 8.53. The molecule has 5 heteroatoms. The standard InChI is InChI=1S/C19H28N2O3/c1-13(22)16-9-10-21(11-16)18(24)15-7-5-14(6-8-15)17(23)20-12-19(2,3)4/h5-8,13,16,22H,9-12H2,1-4H3,(H,20,23). The van der Waals surface area contributed by atoms with Gasteiger partial charge in [-0.25, -0.2) is 0 Å². The molecule has 2 unspecified atom stereocenters. The van der Waals surface area contributed by atoms with Crippen LogP contribution >= 0.6 is 0 Å². The van der Waals surface area contributed by atoms with Gasteiger partial charge in [-0.1, -0.05) is 20.8 Å². The summed E-state index contributed by atoms with van der Waals surface area (Å²) in [4.78, 5) is 26.4. The lowest BCUT2D eigenvalue weighted by Crippen LogP contribution is -2.32. The largest absolute Gasteiger partial charge is 0.393 e. The van der Waals surface area contributed by atoms with Crippen molar-refractivity contribution in [1.82, 2.24) is 10.2 Å². The summed E-state index contributed by atoms with van der Waals surface area (Å²) in [5.41, 5.74) is 1.16. The molecule has 2 atom stereocenters. The van der Waals surface area contributed by atoms with Gasteiger partial charge in [0.2, 0.25) is 0 Å². The molecule has 0 aromatic heterocycles. The van der Waals surface area contributed by atoms with Crippen molar-refractivity contribution in [1.29, 1.82) is 0 Å². The number of likely N-dealkylation sites (tertiary alicyclic amines) is 1. The van der Waals surface area contributed by atoms with Crippen LogP contribution in [0.4, 0.5) is 0 Å². The van der Waals surface area contributed by atoms with Crippen LogP contribution in [-0.4, -0.2) is 47.6 Å². The molecular weight excluding hydrogens is 304 g/mol. The zero-order chi connectivity index (χ0) is 17.9. The van der Waals surface area contributed by atoms with E-state index in [0.717, 1.165) is 6.42 Å². The third-order valence-corrected chi connectivity index (χ3v) is 4.37. The monoisotopic (exact) mass is 332 g/mol. The number of nitrogens with one attached hydrogen (secondary N) is 1. The van der Waals surface area contributed by atoms with E-state index in [0.29, 0.717) is 30.8 Å². The topological polar surface area (TPSA) is 69.6 Å². The van der Waals surface area contributed by atoms with Crippen molar-refractivity contribution in [3.63, 3.8) is 0 Å². The van der Waals surface area contributed by atoms with Gasteiger partial charge in [-0.2, -0.15) is 0 Å². The summed E-state index contributed by atoms with van der Waals surface area (Å²) in [7, 11) is 0. The van der Waals surface area contributed by atoms with Gasteiger partial charge < -0.3 is 15.3 Å². The zero-order valence-electron chi connectivity index (χ0n) is 15.0. The Bertz CT molecular complexity index is 588. The van der Waals surface area contributed by atoms with Gasteiger partial charge in [0.1, 0.15) is 0 Å². The number of amides is 2. The van der Waals surface area contributed by atoms with Gasteiger partial charge in [0.25, 0.3) is 11.8 Å². The van der Waals surface area contributed by atoms with Gasteiger partial charge >= 0.3 is 0 Å². The van der Waals surface area contributed by atoms with Crippen LogP contribution in [0.3, 0.4) is 0 Å². The lowest BCUT2D eigenvalue weighted by molar-refractivity contribution is 0.0761. The molecular formula is C19H28N2O3. The number of aliphatic hydroxyl groups excluding tert-OH is 1. The Morgan fingerprint density at radius 1 is 1.25 bits per heavy atom. The summed E-state index contributed by atoms with van der Waals surface area (Å²) < 4.78 is 0. The van der Waals surface area contributed by atoms with E-state index in [9.17, 15) is 14.7 Å². The molecule has 0 aliphatic carbocycles. The molecule has 1 fully saturated rings. The van der Waals surface area contributed by atoms with Crippen molar-refractivity contribution < 1.29 is 14.7 Å². The Morgan fingerprint density at radius 2 is 1.83 bits per heavy atom. The second-order valence-corrected chi connectivity index (χ2v) is 7.86. The van der Waals surface area contributed by atoms with E-state index in [1.807, 2.05) is 0 Å². The molecule has 1 aliphatic rings. The maximum Gasteiger partial charge on any atom is 0.253 e. The highest BCUT2D eigenvalue weighted by molar-refractivity contribution is 5.97. The average Bonchev–Trinajstić information content (AvgIpc) is 3.01. The molecule has 24 heavy (non-hydrogen) atoms. The number of carbonyl (C=O) groups is 2. The van der Waals surface area contributed by atoms with Gasteiger partial charge in [0.15, 0.2) is 0 Å². The van der Waals surface area contributed by atoms with Crippen molar-refractivity contribution in [3.8, 4) is 0 Å². The van der Waals surface area contributed by atoms with Crippen LogP contribution in [0.25, 0.3) is 0 Å². The van der Waals surface area contributed by atoms with Gasteiger partial charge in [-0.3, -0.25) is 9.59 Å². The predicted molar refractivity (Wildman–Crippen MR) is 93.9 cm³/mol. The number of aliphatic hydroxyl groups is 1. The highest BCUT2D eigenvalue weighted by Crippen LogP contribution is 2.21. The highest BCUT2D eigenvalue weighted by atomic mass is 16.3. The van der Waals surface area contributed by atoms with E-state index in [1.165, 1.54) is 0 Å². The van der Waals surface area contributed by atoms with E-state index in [4.69, 9.17) is 0 Å². The maximum absolute atomic E-state index is 12.5. The first kappa shape index (κ1) is 18.5. The zero-order valence-corrected chi connectivity index (χ0v) is 15.0. The van der Waals surface area contributed by atoms with E-state index in [2.05, 4.69) is 26.1 Å². The predicted octanol–water partition coefficient (Wildman–Crippen LogP) is 2.31. The number of carbonyl (C=O) groups excluding carboxylic acids is 2. The van der Waals surface area contributed by atoms with Gasteiger partial charge in [0, 0.05) is 36.7 Å². The number of hydrogen-bond donors (Lipinski definition) is 2. The molecule has 2 N–H and O–H groups in total. The lowest BCUT2D eigenvalue weighted by atomic mass is 9.97. The van der Waals surface area contributed by atoms with Crippen LogP contribution in [0.5, 0.6) is 0 Å². The molecule has 0 radical (unpaired) electrons. The summed E-state index contributed by atoms with van der Waals surface area (Å²) in [6.45, 7) is 9.81. The lowest BCUT2D eigenvalue weighted by Gasteiger charge is -2.19. The quantitative estimate of drug-likeness (QED) is 0.889. The number of rotatable bonds is 4. The minimum atomic E-state index is -0.392. The SMILES string of the molecule is CC(O)C1CCN(C(=O)c2ccc(C(=O)NCC(C)(C)C)cc2)C1. The van der Waals surface area contributed by atoms with Crippen molar-refractivity contribution in [2.24, 2.45) is 11.3 Å². The third-order valence-electron chi connectivity index (χ3n) is 4.37. The van der Waals surface area contributed by atoms with Crippen LogP contribution in [0.2, 0.25) is 0 Å². The summed E-state index contributed by atoms with van der Waals surface area (Å²) in [5, 5.41) is 12.5. The van der Waals surface area contributed by atoms with Gasteiger partial charge in [-0.05, 0) is 43.0 Å². The second kappa shape index (κ2) is 7.34. The Hall–Kier alpha value is -1.88. The van der Waals surface area contributed by atoms with E-state index >= 15 is 0 Å². The molecule has 0 spiro atoms. The fourth-order valence-electron chi connectivity index (χ4n) is 2.76. The molecule has 0 bridgehead atoms.